The van der Waals surface area contributed by atoms with Gasteiger partial charge in [-0.25, -0.2) is 0 Å². The second-order valence-electron chi connectivity index (χ2n) is 3.30. The van der Waals surface area contributed by atoms with Gasteiger partial charge in [0.2, 0.25) is 0 Å². The smallest absolute Gasteiger partial charge is 0.0874 e. The molecule has 0 aliphatic carbocycles. The number of hydrogen-bond donors (Lipinski definition) is 1. The highest BCUT2D eigenvalue weighted by atomic mass is 16.3. The zero-order valence-electron chi connectivity index (χ0n) is 8.68. The van der Waals surface area contributed by atoms with Gasteiger partial charge in [-0.2, -0.15) is 0 Å². The van der Waals surface area contributed by atoms with Gasteiger partial charge >= 0.3 is 0 Å². The van der Waals surface area contributed by atoms with Crippen LogP contribution < -0.4 is 0 Å². The molecular weight excluding hydrogens is 178 g/mol. The first-order chi connectivity index (χ1) is 6.59. The molecule has 0 fully saturated rings. The fourth-order valence-corrected chi connectivity index (χ4v) is 0.961. The fourth-order valence-electron chi connectivity index (χ4n) is 0.961. The molecule has 14 heavy (non-hydrogen) atoms. The van der Waals surface area contributed by atoms with Gasteiger partial charge in [-0.05, 0) is 24.6 Å². The first-order valence-electron chi connectivity index (χ1n) is 4.46. The molecule has 4 nitrogen and oxygen atoms in total. The predicted octanol–water partition coefficient (Wildman–Crippen LogP) is 2.30. The van der Waals surface area contributed by atoms with Gasteiger partial charge in [-0.1, -0.05) is 17.4 Å². The van der Waals surface area contributed by atoms with Crippen LogP contribution in [-0.2, 0) is 0 Å². The van der Waals surface area contributed by atoms with Gasteiger partial charge in [0.15, 0.2) is 0 Å². The average Bonchev–Trinajstić information content (AvgIpc) is 2.15. The number of aliphatic hydroxyl groups excluding tert-OH is 1. The van der Waals surface area contributed by atoms with Crippen LogP contribution in [0.2, 0.25) is 0 Å². The Balaban J connectivity index is 2.73. The van der Waals surface area contributed by atoms with Gasteiger partial charge in [-0.15, -0.1) is 5.11 Å². The third-order valence-corrected chi connectivity index (χ3v) is 1.71. The average molecular weight is 193 g/mol. The third kappa shape index (κ3) is 3.14. The maximum Gasteiger partial charge on any atom is 0.0874 e. The van der Waals surface area contributed by atoms with Crippen LogP contribution in [0.25, 0.3) is 0 Å². The summed E-state index contributed by atoms with van der Waals surface area (Å²) in [5, 5.41) is 18.7. The SMILES string of the molecule is C[C@@H](O)c1ccc(N=NN(C)C)cc1. The van der Waals surface area contributed by atoms with Gasteiger partial charge in [0.1, 0.15) is 0 Å². The molecule has 0 bridgehead atoms. The molecule has 0 saturated heterocycles. The lowest BCUT2D eigenvalue weighted by atomic mass is 10.1. The number of rotatable bonds is 3. The highest BCUT2D eigenvalue weighted by Gasteiger charge is 1.99. The van der Waals surface area contributed by atoms with Crippen LogP contribution in [0, 0.1) is 0 Å². The zero-order valence-corrected chi connectivity index (χ0v) is 8.68. The van der Waals surface area contributed by atoms with E-state index in [0.717, 1.165) is 11.3 Å². The Hall–Kier alpha value is -1.42. The highest BCUT2D eigenvalue weighted by Crippen LogP contribution is 2.17. The summed E-state index contributed by atoms with van der Waals surface area (Å²) in [6, 6.07) is 7.34. The molecule has 1 atom stereocenters. The van der Waals surface area contributed by atoms with Crippen LogP contribution in [0.1, 0.15) is 18.6 Å². The molecule has 0 saturated carbocycles. The lowest BCUT2D eigenvalue weighted by Gasteiger charge is -2.04. The minimum atomic E-state index is -0.435. The van der Waals surface area contributed by atoms with E-state index in [2.05, 4.69) is 10.3 Å². The first kappa shape index (κ1) is 10.7. The maximum atomic E-state index is 9.27. The molecule has 0 radical (unpaired) electrons. The predicted molar refractivity (Wildman–Crippen MR) is 55.3 cm³/mol. The molecular formula is C10H15N3O. The number of hydrogen-bond acceptors (Lipinski definition) is 3. The molecule has 0 spiro atoms. The normalized spacial score (nSPS) is 13.1. The van der Waals surface area contributed by atoms with Gasteiger partial charge in [0.25, 0.3) is 0 Å². The second kappa shape index (κ2) is 4.72. The molecule has 0 amide bonds. The summed E-state index contributed by atoms with van der Waals surface area (Å²) in [6.07, 6.45) is -0.435. The molecule has 1 aromatic rings. The van der Waals surface area contributed by atoms with Gasteiger partial charge in [-0.3, -0.25) is 5.01 Å². The van der Waals surface area contributed by atoms with E-state index in [-0.39, 0.29) is 0 Å². The lowest BCUT2D eigenvalue weighted by Crippen LogP contribution is -1.98. The summed E-state index contributed by atoms with van der Waals surface area (Å²) in [5.41, 5.74) is 1.66. The molecule has 0 unspecified atom stereocenters. The van der Waals surface area contributed by atoms with Crippen LogP contribution in [0.3, 0.4) is 0 Å². The second-order valence-corrected chi connectivity index (χ2v) is 3.30. The van der Waals surface area contributed by atoms with Gasteiger partial charge < -0.3 is 5.11 Å². The Morgan fingerprint density at radius 1 is 1.21 bits per heavy atom. The molecule has 0 aliphatic heterocycles. The fraction of sp³-hybridized carbons (Fsp3) is 0.400. The van der Waals surface area contributed by atoms with E-state index in [1.54, 1.807) is 11.9 Å². The van der Waals surface area contributed by atoms with Crippen molar-refractivity contribution in [3.63, 3.8) is 0 Å². The van der Waals surface area contributed by atoms with Crippen LogP contribution in [0.15, 0.2) is 34.6 Å². The standard InChI is InChI=1S/C10H15N3O/c1-8(14)9-4-6-10(7-5-9)11-12-13(2)3/h4-8,14H,1-3H3/t8-/m1/s1. The topological polar surface area (TPSA) is 48.2 Å². The minimum absolute atomic E-state index is 0.435. The lowest BCUT2D eigenvalue weighted by molar-refractivity contribution is 0.199. The molecule has 0 aromatic heterocycles. The zero-order chi connectivity index (χ0) is 10.6. The van der Waals surface area contributed by atoms with Gasteiger partial charge in [0.05, 0.1) is 11.8 Å². The van der Waals surface area contributed by atoms with E-state index in [1.807, 2.05) is 38.4 Å². The van der Waals surface area contributed by atoms with Crippen LogP contribution in [0.4, 0.5) is 5.69 Å². The molecule has 0 heterocycles. The molecule has 0 aliphatic rings. The third-order valence-electron chi connectivity index (χ3n) is 1.71. The molecule has 1 N–H and O–H groups in total. The van der Waals surface area contributed by atoms with Crippen molar-refractivity contribution in [2.24, 2.45) is 10.3 Å². The Morgan fingerprint density at radius 3 is 2.21 bits per heavy atom. The van der Waals surface area contributed by atoms with Crippen molar-refractivity contribution in [3.8, 4) is 0 Å². The molecule has 1 rings (SSSR count). The number of benzene rings is 1. The van der Waals surface area contributed by atoms with Crippen molar-refractivity contribution in [1.82, 2.24) is 5.01 Å². The summed E-state index contributed by atoms with van der Waals surface area (Å²) in [6.45, 7) is 1.73. The summed E-state index contributed by atoms with van der Waals surface area (Å²) in [5.74, 6) is 0. The van der Waals surface area contributed by atoms with Crippen molar-refractivity contribution in [1.29, 1.82) is 0 Å². The van der Waals surface area contributed by atoms with Crippen molar-refractivity contribution in [2.75, 3.05) is 14.1 Å². The van der Waals surface area contributed by atoms with Crippen LogP contribution in [-0.4, -0.2) is 24.2 Å². The van der Waals surface area contributed by atoms with Crippen LogP contribution >= 0.6 is 0 Å². The van der Waals surface area contributed by atoms with E-state index in [4.69, 9.17) is 0 Å². The minimum Gasteiger partial charge on any atom is -0.389 e. The monoisotopic (exact) mass is 193 g/mol. The highest BCUT2D eigenvalue weighted by molar-refractivity contribution is 5.38. The quantitative estimate of drug-likeness (QED) is 0.591. The summed E-state index contributed by atoms with van der Waals surface area (Å²) in [4.78, 5) is 0. The Labute approximate surface area is 83.9 Å². The largest absolute Gasteiger partial charge is 0.389 e. The van der Waals surface area contributed by atoms with E-state index in [0.29, 0.717) is 0 Å². The Kier molecular flexibility index (Phi) is 3.59. The van der Waals surface area contributed by atoms with E-state index >= 15 is 0 Å². The van der Waals surface area contributed by atoms with Crippen molar-refractivity contribution < 1.29 is 5.11 Å². The summed E-state index contributed by atoms with van der Waals surface area (Å²) < 4.78 is 0. The van der Waals surface area contributed by atoms with Crippen LogP contribution in [0.5, 0.6) is 0 Å². The molecule has 4 heteroatoms. The van der Waals surface area contributed by atoms with E-state index in [1.165, 1.54) is 0 Å². The number of aliphatic hydroxyl groups is 1. The van der Waals surface area contributed by atoms with E-state index < -0.39 is 6.10 Å². The molecule has 76 valence electrons. The summed E-state index contributed by atoms with van der Waals surface area (Å²) in [7, 11) is 3.63. The van der Waals surface area contributed by atoms with Crippen molar-refractivity contribution in [3.05, 3.63) is 29.8 Å². The maximum absolute atomic E-state index is 9.27. The Morgan fingerprint density at radius 2 is 1.79 bits per heavy atom. The Bertz CT molecular complexity index is 304. The van der Waals surface area contributed by atoms with E-state index in [9.17, 15) is 5.11 Å². The van der Waals surface area contributed by atoms with Gasteiger partial charge in [0, 0.05) is 14.1 Å². The van der Waals surface area contributed by atoms with Crippen molar-refractivity contribution >= 4 is 5.69 Å². The first-order valence-corrected chi connectivity index (χ1v) is 4.46. The van der Waals surface area contributed by atoms with Crippen molar-refractivity contribution in [2.45, 2.75) is 13.0 Å². The number of nitrogens with zero attached hydrogens (tertiary/aromatic N) is 3. The summed E-state index contributed by atoms with van der Waals surface area (Å²) >= 11 is 0. The molecule has 1 aromatic carbocycles.